The Balaban J connectivity index is 1.68. The number of ether oxygens (including phenoxy) is 1. The number of phenolic OH excluding ortho intramolecular Hbond substituents is 4. The first kappa shape index (κ1) is 31.0. The standard InChI is InChI=1S/C30H30O13/c1-3-29(40-35-25-17-9-5-13-21(25)31,41-36-26-18-10-6-14-22(26)32)39-30(4-2,42-37-27-19-11-7-15-23(27)33)43-38-28-20-12-8-16-24(28)34/h5-20,31-34H,3-4H2,1-2H3. The van der Waals surface area contributed by atoms with Crippen molar-refractivity contribution in [1.29, 1.82) is 0 Å². The predicted octanol–water partition coefficient (Wildman–Crippen LogP) is 6.00. The highest BCUT2D eigenvalue weighted by Crippen LogP contribution is 2.38. The summed E-state index contributed by atoms with van der Waals surface area (Å²) in [5, 5.41) is 40.8. The molecule has 4 aromatic rings. The molecule has 4 rings (SSSR count). The highest BCUT2D eigenvalue weighted by molar-refractivity contribution is 5.39. The van der Waals surface area contributed by atoms with Crippen LogP contribution >= 0.6 is 0 Å². The van der Waals surface area contributed by atoms with E-state index in [0.29, 0.717) is 0 Å². The first-order valence-corrected chi connectivity index (χ1v) is 13.0. The van der Waals surface area contributed by atoms with Crippen molar-refractivity contribution in [2.75, 3.05) is 0 Å². The third-order valence-corrected chi connectivity index (χ3v) is 5.67. The van der Waals surface area contributed by atoms with Gasteiger partial charge >= 0.3 is 11.9 Å². The summed E-state index contributed by atoms with van der Waals surface area (Å²) < 4.78 is 6.06. The minimum Gasteiger partial charge on any atom is -0.504 e. The topological polar surface area (TPSA) is 164 Å². The molecule has 13 nitrogen and oxygen atoms in total. The molecule has 0 aliphatic heterocycles. The lowest BCUT2D eigenvalue weighted by Gasteiger charge is -2.36. The normalized spacial score (nSPS) is 11.6. The molecule has 43 heavy (non-hydrogen) atoms. The Morgan fingerprint density at radius 2 is 0.651 bits per heavy atom. The maximum atomic E-state index is 10.2. The smallest absolute Gasteiger partial charge is 0.364 e. The van der Waals surface area contributed by atoms with Gasteiger partial charge in [0.15, 0.2) is 23.0 Å². The minimum atomic E-state index is -2.40. The fraction of sp³-hybridized carbons (Fsp3) is 0.200. The van der Waals surface area contributed by atoms with E-state index in [2.05, 4.69) is 0 Å². The zero-order valence-corrected chi connectivity index (χ0v) is 23.1. The first-order chi connectivity index (χ1) is 20.8. The summed E-state index contributed by atoms with van der Waals surface area (Å²) in [5.74, 6) is -6.34. The zero-order valence-electron chi connectivity index (χ0n) is 23.1. The van der Waals surface area contributed by atoms with Crippen molar-refractivity contribution in [3.05, 3.63) is 97.1 Å². The first-order valence-electron chi connectivity index (χ1n) is 13.0. The van der Waals surface area contributed by atoms with Gasteiger partial charge in [-0.2, -0.15) is 0 Å². The van der Waals surface area contributed by atoms with Crippen LogP contribution in [-0.4, -0.2) is 32.4 Å². The lowest BCUT2D eigenvalue weighted by atomic mass is 10.3. The van der Waals surface area contributed by atoms with Gasteiger partial charge in [0.05, 0.1) is 0 Å². The van der Waals surface area contributed by atoms with E-state index in [0.717, 1.165) is 0 Å². The molecule has 228 valence electrons. The Kier molecular flexibility index (Phi) is 10.3. The van der Waals surface area contributed by atoms with E-state index in [1.807, 2.05) is 0 Å². The molecule has 0 aliphatic rings. The van der Waals surface area contributed by atoms with Crippen LogP contribution in [0.15, 0.2) is 97.1 Å². The minimum absolute atomic E-state index is 0.116. The Morgan fingerprint density at radius 3 is 0.860 bits per heavy atom. The number of benzene rings is 4. The molecular weight excluding hydrogens is 568 g/mol. The van der Waals surface area contributed by atoms with E-state index >= 15 is 0 Å². The SMILES string of the molecule is CCC(OOc1ccccc1O)(OOc1ccccc1O)OC(CC)(OOc1ccccc1O)OOc1ccccc1O. The summed E-state index contributed by atoms with van der Waals surface area (Å²) >= 11 is 0. The monoisotopic (exact) mass is 598 g/mol. The number of rotatable bonds is 16. The maximum Gasteiger partial charge on any atom is 0.364 e. The highest BCUT2D eigenvalue weighted by atomic mass is 17.4. The van der Waals surface area contributed by atoms with Gasteiger partial charge in [0.2, 0.25) is 23.0 Å². The van der Waals surface area contributed by atoms with E-state index in [-0.39, 0.29) is 58.8 Å². The molecule has 0 unspecified atom stereocenters. The Bertz CT molecular complexity index is 1250. The van der Waals surface area contributed by atoms with Gasteiger partial charge in [-0.05, 0) is 48.5 Å². The average Bonchev–Trinajstić information content (AvgIpc) is 3.02. The van der Waals surface area contributed by atoms with Gasteiger partial charge in [0.1, 0.15) is 0 Å². The van der Waals surface area contributed by atoms with Gasteiger partial charge in [-0.3, -0.25) is 4.74 Å². The van der Waals surface area contributed by atoms with E-state index in [9.17, 15) is 20.4 Å². The Labute approximate surface area is 246 Å². The van der Waals surface area contributed by atoms with Crippen molar-refractivity contribution in [3.63, 3.8) is 0 Å². The summed E-state index contributed by atoms with van der Waals surface area (Å²) in [6.07, 6.45) is -0.425. The third-order valence-electron chi connectivity index (χ3n) is 5.67. The molecule has 0 bridgehead atoms. The molecule has 0 fully saturated rings. The molecule has 0 aromatic heterocycles. The summed E-state index contributed by atoms with van der Waals surface area (Å²) in [4.78, 5) is 43.5. The second kappa shape index (κ2) is 14.3. The van der Waals surface area contributed by atoms with Crippen molar-refractivity contribution < 1.29 is 64.3 Å². The molecule has 0 spiro atoms. The molecule has 0 heterocycles. The van der Waals surface area contributed by atoms with Crippen LogP contribution in [0.1, 0.15) is 26.7 Å². The number of para-hydroxylation sites is 8. The molecule has 0 amide bonds. The van der Waals surface area contributed by atoms with Crippen LogP contribution in [0.2, 0.25) is 0 Å². The Morgan fingerprint density at radius 1 is 0.419 bits per heavy atom. The fourth-order valence-corrected chi connectivity index (χ4v) is 3.26. The summed E-state index contributed by atoms with van der Waals surface area (Å²) in [5.41, 5.74) is 0. The average molecular weight is 599 g/mol. The van der Waals surface area contributed by atoms with Crippen molar-refractivity contribution >= 4 is 0 Å². The molecule has 0 radical (unpaired) electrons. The van der Waals surface area contributed by atoms with E-state index < -0.39 is 11.9 Å². The molecule has 13 heteroatoms. The van der Waals surface area contributed by atoms with Gasteiger partial charge in [-0.25, -0.2) is 0 Å². The number of hydrogen-bond acceptors (Lipinski definition) is 13. The summed E-state index contributed by atoms with van der Waals surface area (Å²) in [7, 11) is 0. The van der Waals surface area contributed by atoms with Gasteiger partial charge in [-0.1, -0.05) is 62.4 Å². The van der Waals surface area contributed by atoms with Crippen molar-refractivity contribution in [2.24, 2.45) is 0 Å². The molecule has 0 saturated heterocycles. The van der Waals surface area contributed by atoms with Crippen LogP contribution in [0.5, 0.6) is 46.0 Å². The lowest BCUT2D eigenvalue weighted by molar-refractivity contribution is -0.632. The second-order valence-corrected chi connectivity index (χ2v) is 8.71. The molecule has 0 atom stereocenters. The lowest BCUT2D eigenvalue weighted by Crippen LogP contribution is -2.52. The van der Waals surface area contributed by atoms with E-state index in [1.165, 1.54) is 48.5 Å². The van der Waals surface area contributed by atoms with Crippen LogP contribution in [0.3, 0.4) is 0 Å². The van der Waals surface area contributed by atoms with E-state index in [4.69, 9.17) is 43.8 Å². The maximum absolute atomic E-state index is 10.2. The van der Waals surface area contributed by atoms with Crippen LogP contribution < -0.4 is 19.6 Å². The number of aromatic hydroxyl groups is 4. The van der Waals surface area contributed by atoms with Gasteiger partial charge < -0.3 is 40.0 Å². The molecule has 0 aliphatic carbocycles. The van der Waals surface area contributed by atoms with Gasteiger partial charge in [0, 0.05) is 12.8 Å². The predicted molar refractivity (Wildman–Crippen MR) is 146 cm³/mol. The van der Waals surface area contributed by atoms with Gasteiger partial charge in [0.25, 0.3) is 0 Å². The molecule has 0 saturated carbocycles. The second-order valence-electron chi connectivity index (χ2n) is 8.71. The Hall–Kier alpha value is -4.92. The third kappa shape index (κ3) is 8.09. The van der Waals surface area contributed by atoms with Gasteiger partial charge in [-0.15, -0.1) is 19.6 Å². The summed E-state index contributed by atoms with van der Waals surface area (Å²) in [6.45, 7) is 3.10. The van der Waals surface area contributed by atoms with Crippen molar-refractivity contribution in [1.82, 2.24) is 0 Å². The fourth-order valence-electron chi connectivity index (χ4n) is 3.26. The van der Waals surface area contributed by atoms with Crippen LogP contribution in [0.25, 0.3) is 0 Å². The van der Waals surface area contributed by atoms with Crippen molar-refractivity contribution in [2.45, 2.75) is 38.6 Å². The summed E-state index contributed by atoms with van der Waals surface area (Å²) in [6, 6.07) is 23.6. The van der Waals surface area contributed by atoms with Crippen LogP contribution in [0, 0.1) is 0 Å². The number of phenols is 4. The van der Waals surface area contributed by atoms with Crippen LogP contribution in [-0.2, 0) is 24.3 Å². The largest absolute Gasteiger partial charge is 0.504 e. The number of hydrogen-bond donors (Lipinski definition) is 4. The van der Waals surface area contributed by atoms with E-state index in [1.54, 1.807) is 62.4 Å². The highest BCUT2D eigenvalue weighted by Gasteiger charge is 2.51. The van der Waals surface area contributed by atoms with Crippen LogP contribution in [0.4, 0.5) is 0 Å². The molecular formula is C30H30O13. The zero-order chi connectivity index (χ0) is 30.7. The molecule has 4 N–H and O–H groups in total. The quantitative estimate of drug-likeness (QED) is 0.0675. The van der Waals surface area contributed by atoms with Crippen molar-refractivity contribution in [3.8, 4) is 46.0 Å². The molecule has 4 aromatic carbocycles.